The van der Waals surface area contributed by atoms with E-state index in [1.807, 2.05) is 25.1 Å². The molecule has 0 saturated carbocycles. The lowest BCUT2D eigenvalue weighted by Crippen LogP contribution is -2.30. The summed E-state index contributed by atoms with van der Waals surface area (Å²) in [7, 11) is 0. The molecule has 156 valence electrons. The molecule has 12 heteroatoms. The van der Waals surface area contributed by atoms with Crippen molar-refractivity contribution in [1.29, 1.82) is 0 Å². The van der Waals surface area contributed by atoms with E-state index < -0.39 is 28.3 Å². The largest absolute Gasteiger partial charge is 0.416 e. The Morgan fingerprint density at radius 2 is 1.90 bits per heavy atom. The van der Waals surface area contributed by atoms with Gasteiger partial charge < -0.3 is 0 Å². The number of nitro benzene ring substituents is 1. The van der Waals surface area contributed by atoms with E-state index in [1.165, 1.54) is 4.68 Å². The van der Waals surface area contributed by atoms with Crippen molar-refractivity contribution >= 4 is 17.3 Å². The number of anilines is 1. The fourth-order valence-electron chi connectivity index (χ4n) is 2.69. The van der Waals surface area contributed by atoms with E-state index in [1.54, 1.807) is 13.0 Å². The molecular formula is C18H15F3N6O3. The van der Waals surface area contributed by atoms with Crippen LogP contribution in [0.5, 0.6) is 0 Å². The Kier molecular flexibility index (Phi) is 5.41. The zero-order chi connectivity index (χ0) is 22.1. The van der Waals surface area contributed by atoms with Crippen LogP contribution in [-0.4, -0.2) is 25.8 Å². The lowest BCUT2D eigenvalue weighted by atomic mass is 10.1. The van der Waals surface area contributed by atoms with E-state index in [0.29, 0.717) is 23.5 Å². The van der Waals surface area contributed by atoms with Gasteiger partial charge in [-0.1, -0.05) is 17.3 Å². The summed E-state index contributed by atoms with van der Waals surface area (Å²) in [5.41, 5.74) is 4.14. The second-order valence-corrected chi connectivity index (χ2v) is 6.34. The highest BCUT2D eigenvalue weighted by Crippen LogP contribution is 2.34. The summed E-state index contributed by atoms with van der Waals surface area (Å²) >= 11 is 0. The van der Waals surface area contributed by atoms with Gasteiger partial charge in [-0.15, -0.1) is 5.10 Å². The first-order chi connectivity index (χ1) is 14.1. The maximum atomic E-state index is 12.8. The van der Waals surface area contributed by atoms with Crippen LogP contribution in [0.25, 0.3) is 5.69 Å². The molecule has 0 fully saturated rings. The molecule has 0 aliphatic carbocycles. The van der Waals surface area contributed by atoms with Crippen LogP contribution in [0.1, 0.15) is 27.3 Å². The summed E-state index contributed by atoms with van der Waals surface area (Å²) < 4.78 is 39.8. The fraction of sp³-hybridized carbons (Fsp3) is 0.167. The molecule has 2 N–H and O–H groups in total. The van der Waals surface area contributed by atoms with Gasteiger partial charge in [-0.3, -0.25) is 25.8 Å². The summed E-state index contributed by atoms with van der Waals surface area (Å²) in [6, 6.07) is 9.24. The quantitative estimate of drug-likeness (QED) is 0.482. The number of alkyl halides is 3. The third kappa shape index (κ3) is 4.21. The Morgan fingerprint density at radius 3 is 2.53 bits per heavy atom. The van der Waals surface area contributed by atoms with E-state index in [9.17, 15) is 28.1 Å². The monoisotopic (exact) mass is 420 g/mol. The normalized spacial score (nSPS) is 11.2. The fourth-order valence-corrected chi connectivity index (χ4v) is 2.69. The molecule has 0 aliphatic heterocycles. The minimum Gasteiger partial charge on any atom is -0.292 e. The van der Waals surface area contributed by atoms with Crippen LogP contribution in [0.3, 0.4) is 0 Å². The van der Waals surface area contributed by atoms with Crippen LogP contribution in [0.2, 0.25) is 0 Å². The van der Waals surface area contributed by atoms with Crippen molar-refractivity contribution in [2.24, 2.45) is 0 Å². The Labute approximate surface area is 167 Å². The summed E-state index contributed by atoms with van der Waals surface area (Å²) in [6.45, 7) is 3.50. The maximum absolute atomic E-state index is 12.8. The first kappa shape index (κ1) is 20.8. The van der Waals surface area contributed by atoms with Crippen molar-refractivity contribution in [2.45, 2.75) is 20.0 Å². The number of hydrogen-bond donors (Lipinski definition) is 2. The number of nitro groups is 1. The Bertz CT molecular complexity index is 1130. The second-order valence-electron chi connectivity index (χ2n) is 6.34. The molecule has 2 aromatic carbocycles. The molecule has 1 amide bonds. The summed E-state index contributed by atoms with van der Waals surface area (Å²) in [5, 5.41) is 18.9. The van der Waals surface area contributed by atoms with Crippen LogP contribution in [0.15, 0.2) is 42.5 Å². The van der Waals surface area contributed by atoms with E-state index in [4.69, 9.17) is 0 Å². The minimum atomic E-state index is -4.74. The van der Waals surface area contributed by atoms with Gasteiger partial charge in [-0.2, -0.15) is 13.2 Å². The van der Waals surface area contributed by atoms with Gasteiger partial charge in [0.25, 0.3) is 11.6 Å². The number of carbonyl (C=O) groups is 1. The number of hydrazine groups is 1. The van der Waals surface area contributed by atoms with Gasteiger partial charge >= 0.3 is 6.18 Å². The topological polar surface area (TPSA) is 115 Å². The number of nitrogens with zero attached hydrogens (tertiary/aromatic N) is 4. The van der Waals surface area contributed by atoms with Gasteiger partial charge in [0.1, 0.15) is 5.69 Å². The highest BCUT2D eigenvalue weighted by molar-refractivity contribution is 5.94. The number of benzene rings is 2. The number of halogens is 3. The first-order valence-corrected chi connectivity index (χ1v) is 8.49. The van der Waals surface area contributed by atoms with E-state index >= 15 is 0 Å². The van der Waals surface area contributed by atoms with Crippen LogP contribution in [0.4, 0.5) is 24.5 Å². The SMILES string of the molecule is Cc1cccc(-n2nnc(C(=O)NNc3ccc(C(F)(F)F)cc3[N+](=O)[O-])c2C)c1. The van der Waals surface area contributed by atoms with Gasteiger partial charge in [-0.05, 0) is 43.7 Å². The molecule has 0 aliphatic rings. The van der Waals surface area contributed by atoms with Crippen molar-refractivity contribution in [3.63, 3.8) is 0 Å². The van der Waals surface area contributed by atoms with Gasteiger partial charge in [0.2, 0.25) is 0 Å². The average molecular weight is 420 g/mol. The third-order valence-electron chi connectivity index (χ3n) is 4.19. The van der Waals surface area contributed by atoms with Gasteiger partial charge in [0.15, 0.2) is 5.69 Å². The molecule has 0 saturated heterocycles. The zero-order valence-corrected chi connectivity index (χ0v) is 15.7. The van der Waals surface area contributed by atoms with E-state index in [2.05, 4.69) is 21.2 Å². The molecule has 3 aromatic rings. The number of nitrogens with one attached hydrogen (secondary N) is 2. The third-order valence-corrected chi connectivity index (χ3v) is 4.19. The smallest absolute Gasteiger partial charge is 0.292 e. The van der Waals surface area contributed by atoms with Crippen LogP contribution in [-0.2, 0) is 6.18 Å². The van der Waals surface area contributed by atoms with Crippen LogP contribution >= 0.6 is 0 Å². The molecule has 9 nitrogen and oxygen atoms in total. The van der Waals surface area contributed by atoms with Gasteiger partial charge in [-0.25, -0.2) is 4.68 Å². The molecular weight excluding hydrogens is 405 g/mol. The molecule has 1 aromatic heterocycles. The van der Waals surface area contributed by atoms with Crippen LogP contribution < -0.4 is 10.9 Å². The minimum absolute atomic E-state index is 0.0569. The predicted octanol–water partition coefficient (Wildman–Crippen LogP) is 3.57. The van der Waals surface area contributed by atoms with Gasteiger partial charge in [0, 0.05) is 6.07 Å². The lowest BCUT2D eigenvalue weighted by Gasteiger charge is -2.11. The number of aromatic nitrogens is 3. The van der Waals surface area contributed by atoms with E-state index in [-0.39, 0.29) is 11.4 Å². The number of amides is 1. The van der Waals surface area contributed by atoms with Gasteiger partial charge in [0.05, 0.1) is 21.9 Å². The van der Waals surface area contributed by atoms with Crippen molar-refractivity contribution in [2.75, 3.05) is 5.43 Å². The molecule has 0 unspecified atom stereocenters. The zero-order valence-electron chi connectivity index (χ0n) is 15.7. The lowest BCUT2D eigenvalue weighted by molar-refractivity contribution is -0.384. The van der Waals surface area contributed by atoms with Crippen molar-refractivity contribution in [1.82, 2.24) is 20.4 Å². The van der Waals surface area contributed by atoms with Crippen LogP contribution in [0, 0.1) is 24.0 Å². The number of aryl methyl sites for hydroxylation is 1. The number of hydrogen-bond acceptors (Lipinski definition) is 6. The first-order valence-electron chi connectivity index (χ1n) is 8.49. The Balaban J connectivity index is 1.80. The Morgan fingerprint density at radius 1 is 1.17 bits per heavy atom. The summed E-state index contributed by atoms with van der Waals surface area (Å²) in [5.74, 6) is -0.763. The molecule has 30 heavy (non-hydrogen) atoms. The highest BCUT2D eigenvalue weighted by atomic mass is 19.4. The second kappa shape index (κ2) is 7.81. The standard InChI is InChI=1S/C18H15F3N6O3/c1-10-4-3-5-13(8-10)26-11(2)16(23-25-26)17(28)24-22-14-7-6-12(18(19,20)21)9-15(14)27(29)30/h3-9,22H,1-2H3,(H,24,28). The summed E-state index contributed by atoms with van der Waals surface area (Å²) in [6.07, 6.45) is -4.74. The molecule has 0 radical (unpaired) electrons. The summed E-state index contributed by atoms with van der Waals surface area (Å²) in [4.78, 5) is 22.6. The molecule has 1 heterocycles. The van der Waals surface area contributed by atoms with Crippen molar-refractivity contribution < 1.29 is 22.9 Å². The molecule has 0 atom stereocenters. The molecule has 0 bridgehead atoms. The van der Waals surface area contributed by atoms with Crippen molar-refractivity contribution in [3.8, 4) is 5.69 Å². The van der Waals surface area contributed by atoms with Crippen molar-refractivity contribution in [3.05, 3.63) is 75.1 Å². The highest BCUT2D eigenvalue weighted by Gasteiger charge is 2.33. The maximum Gasteiger partial charge on any atom is 0.416 e. The average Bonchev–Trinajstić information content (AvgIpc) is 3.06. The van der Waals surface area contributed by atoms with E-state index in [0.717, 1.165) is 11.6 Å². The Hall–Kier alpha value is -3.96. The molecule has 3 rings (SSSR count). The number of rotatable bonds is 5. The molecule has 0 spiro atoms. The predicted molar refractivity (Wildman–Crippen MR) is 100 cm³/mol. The number of carbonyl (C=O) groups excluding carboxylic acids is 1.